The monoisotopic (exact) mass is 286 g/mol. The van der Waals surface area contributed by atoms with Crippen LogP contribution in [0.15, 0.2) is 35.0 Å². The highest BCUT2D eigenvalue weighted by Crippen LogP contribution is 2.21. The molecule has 0 atom stereocenters. The zero-order chi connectivity index (χ0) is 14.7. The Morgan fingerprint density at radius 3 is 3.14 bits per heavy atom. The van der Waals surface area contributed by atoms with E-state index in [1.54, 1.807) is 0 Å². The van der Waals surface area contributed by atoms with Crippen molar-refractivity contribution in [3.63, 3.8) is 0 Å². The van der Waals surface area contributed by atoms with E-state index in [2.05, 4.69) is 20.4 Å². The Balaban J connectivity index is 1.79. The van der Waals surface area contributed by atoms with E-state index in [9.17, 15) is 4.79 Å². The number of carbonyl (C=O) groups excluding carboxylic acids is 1. The first-order valence-corrected chi connectivity index (χ1v) is 6.58. The van der Waals surface area contributed by atoms with Crippen molar-refractivity contribution in [3.8, 4) is 11.4 Å². The molecular weight excluding hydrogens is 272 g/mol. The minimum absolute atomic E-state index is 0.0194. The summed E-state index contributed by atoms with van der Waals surface area (Å²) < 4.78 is 4.96. The minimum atomic E-state index is -0.442. The summed E-state index contributed by atoms with van der Waals surface area (Å²) in [6, 6.07) is 7.68. The number of aliphatic hydroxyl groups excluding tert-OH is 1. The molecular formula is C14H14N4O3. The number of nitrogens with one attached hydrogen (secondary N) is 2. The Bertz CT molecular complexity index is 762. The minimum Gasteiger partial charge on any atom is -0.396 e. The first-order valence-electron chi connectivity index (χ1n) is 6.58. The predicted molar refractivity (Wildman–Crippen MR) is 75.6 cm³/mol. The number of nitrogens with zero attached hydrogens (tertiary/aromatic N) is 2. The summed E-state index contributed by atoms with van der Waals surface area (Å²) in [5, 5.41) is 16.2. The van der Waals surface area contributed by atoms with Crippen molar-refractivity contribution >= 4 is 16.8 Å². The van der Waals surface area contributed by atoms with Crippen molar-refractivity contribution in [3.05, 3.63) is 36.4 Å². The molecule has 0 spiro atoms. The molecule has 1 aromatic carbocycles. The van der Waals surface area contributed by atoms with Crippen LogP contribution in [-0.2, 0) is 0 Å². The Kier molecular flexibility index (Phi) is 3.65. The number of carbonyl (C=O) groups is 1. The largest absolute Gasteiger partial charge is 0.396 e. The Labute approximate surface area is 120 Å². The van der Waals surface area contributed by atoms with Crippen LogP contribution in [-0.4, -0.2) is 39.3 Å². The average Bonchev–Trinajstić information content (AvgIpc) is 3.15. The van der Waals surface area contributed by atoms with Gasteiger partial charge in [0.25, 0.3) is 0 Å². The van der Waals surface area contributed by atoms with Gasteiger partial charge >= 0.3 is 11.8 Å². The SMILES string of the molecule is O=C(NCCCO)c1nc(-c2ccc3cc[nH]c3c2)no1. The molecule has 0 aliphatic carbocycles. The fraction of sp³-hybridized carbons (Fsp3) is 0.214. The number of hydrogen-bond acceptors (Lipinski definition) is 5. The fourth-order valence-electron chi connectivity index (χ4n) is 1.98. The molecule has 7 nitrogen and oxygen atoms in total. The van der Waals surface area contributed by atoms with E-state index in [1.807, 2.05) is 30.5 Å². The highest BCUT2D eigenvalue weighted by Gasteiger charge is 2.15. The molecule has 21 heavy (non-hydrogen) atoms. The molecule has 0 saturated heterocycles. The van der Waals surface area contributed by atoms with Crippen LogP contribution in [0.3, 0.4) is 0 Å². The van der Waals surface area contributed by atoms with E-state index in [0.29, 0.717) is 18.8 Å². The lowest BCUT2D eigenvalue weighted by molar-refractivity contribution is 0.0907. The molecule has 2 heterocycles. The molecule has 3 N–H and O–H groups in total. The van der Waals surface area contributed by atoms with Gasteiger partial charge in [-0.1, -0.05) is 17.3 Å². The number of rotatable bonds is 5. The third-order valence-electron chi connectivity index (χ3n) is 3.05. The van der Waals surface area contributed by atoms with Gasteiger partial charge in [0.1, 0.15) is 0 Å². The first kappa shape index (κ1) is 13.3. The molecule has 0 bridgehead atoms. The lowest BCUT2D eigenvalue weighted by Gasteiger charge is -1.98. The molecule has 1 amide bonds. The number of amides is 1. The van der Waals surface area contributed by atoms with E-state index < -0.39 is 5.91 Å². The molecule has 0 aliphatic heterocycles. The summed E-state index contributed by atoms with van der Waals surface area (Å²) in [6.45, 7) is 0.382. The molecule has 0 unspecified atom stereocenters. The van der Waals surface area contributed by atoms with E-state index in [1.165, 1.54) is 0 Å². The molecule has 7 heteroatoms. The van der Waals surface area contributed by atoms with Gasteiger partial charge in [0.15, 0.2) is 0 Å². The van der Waals surface area contributed by atoms with Gasteiger partial charge in [0, 0.05) is 30.4 Å². The van der Waals surface area contributed by atoms with Gasteiger partial charge in [0.2, 0.25) is 5.82 Å². The second kappa shape index (κ2) is 5.76. The topological polar surface area (TPSA) is 104 Å². The first-order chi connectivity index (χ1) is 10.3. The molecule has 0 radical (unpaired) electrons. The average molecular weight is 286 g/mol. The second-order valence-electron chi connectivity index (χ2n) is 4.54. The van der Waals surface area contributed by atoms with E-state index in [-0.39, 0.29) is 12.5 Å². The summed E-state index contributed by atoms with van der Waals surface area (Å²) in [4.78, 5) is 18.9. The summed E-state index contributed by atoms with van der Waals surface area (Å²) in [7, 11) is 0. The van der Waals surface area contributed by atoms with Crippen molar-refractivity contribution < 1.29 is 14.4 Å². The quantitative estimate of drug-likeness (QED) is 0.614. The number of hydrogen-bond donors (Lipinski definition) is 3. The summed E-state index contributed by atoms with van der Waals surface area (Å²) in [5.74, 6) is -0.170. The maximum Gasteiger partial charge on any atom is 0.316 e. The van der Waals surface area contributed by atoms with Crippen molar-refractivity contribution in [2.75, 3.05) is 13.2 Å². The van der Waals surface area contributed by atoms with Crippen molar-refractivity contribution in [2.45, 2.75) is 6.42 Å². The highest BCUT2D eigenvalue weighted by atomic mass is 16.5. The zero-order valence-electron chi connectivity index (χ0n) is 11.2. The molecule has 0 fully saturated rings. The second-order valence-corrected chi connectivity index (χ2v) is 4.54. The van der Waals surface area contributed by atoms with Crippen LogP contribution in [0.5, 0.6) is 0 Å². The third-order valence-corrected chi connectivity index (χ3v) is 3.05. The maximum atomic E-state index is 11.7. The van der Waals surface area contributed by atoms with Crippen LogP contribution in [0.25, 0.3) is 22.3 Å². The van der Waals surface area contributed by atoms with E-state index >= 15 is 0 Å². The highest BCUT2D eigenvalue weighted by molar-refractivity contribution is 5.90. The number of aromatic nitrogens is 3. The summed E-state index contributed by atoms with van der Waals surface area (Å²) >= 11 is 0. The van der Waals surface area contributed by atoms with Crippen LogP contribution >= 0.6 is 0 Å². The van der Waals surface area contributed by atoms with Crippen molar-refractivity contribution in [2.24, 2.45) is 0 Å². The molecule has 3 rings (SSSR count). The number of aliphatic hydroxyl groups is 1. The Hall–Kier alpha value is -2.67. The van der Waals surface area contributed by atoms with Crippen LogP contribution in [0.2, 0.25) is 0 Å². The number of H-pyrrole nitrogens is 1. The van der Waals surface area contributed by atoms with E-state index in [0.717, 1.165) is 16.5 Å². The van der Waals surface area contributed by atoms with Gasteiger partial charge in [-0.15, -0.1) is 0 Å². The van der Waals surface area contributed by atoms with Gasteiger partial charge < -0.3 is 19.9 Å². The normalized spacial score (nSPS) is 10.9. The number of aromatic amines is 1. The number of benzene rings is 1. The van der Waals surface area contributed by atoms with Crippen LogP contribution in [0.4, 0.5) is 0 Å². The molecule has 0 aliphatic rings. The van der Waals surface area contributed by atoms with Gasteiger partial charge in [-0.3, -0.25) is 4.79 Å². The smallest absolute Gasteiger partial charge is 0.316 e. The Morgan fingerprint density at radius 2 is 2.29 bits per heavy atom. The van der Waals surface area contributed by atoms with Gasteiger partial charge in [0.05, 0.1) is 0 Å². The lowest BCUT2D eigenvalue weighted by Crippen LogP contribution is -2.25. The van der Waals surface area contributed by atoms with Gasteiger partial charge in [-0.25, -0.2) is 0 Å². The Morgan fingerprint density at radius 1 is 1.38 bits per heavy atom. The predicted octanol–water partition coefficient (Wildman–Crippen LogP) is 1.33. The van der Waals surface area contributed by atoms with Crippen LogP contribution in [0, 0.1) is 0 Å². The summed E-state index contributed by atoms with van der Waals surface area (Å²) in [5.41, 5.74) is 1.73. The van der Waals surface area contributed by atoms with Crippen molar-refractivity contribution in [1.29, 1.82) is 0 Å². The van der Waals surface area contributed by atoms with Crippen molar-refractivity contribution in [1.82, 2.24) is 20.4 Å². The fourth-order valence-corrected chi connectivity index (χ4v) is 1.98. The van der Waals surface area contributed by atoms with E-state index in [4.69, 9.17) is 9.63 Å². The molecule has 2 aromatic heterocycles. The molecule has 3 aromatic rings. The molecule has 108 valence electrons. The molecule has 0 saturated carbocycles. The third kappa shape index (κ3) is 2.77. The maximum absolute atomic E-state index is 11.7. The zero-order valence-corrected chi connectivity index (χ0v) is 11.2. The number of fused-ring (bicyclic) bond motifs is 1. The van der Waals surface area contributed by atoms with Gasteiger partial charge in [-0.05, 0) is 23.9 Å². The standard InChI is InChI=1S/C14H14N4O3/c19-7-1-5-16-13(20)14-17-12(18-21-14)10-3-2-9-4-6-15-11(9)8-10/h2-4,6,8,15,19H,1,5,7H2,(H,16,20). The lowest BCUT2D eigenvalue weighted by atomic mass is 10.1. The van der Waals surface area contributed by atoms with Gasteiger partial charge in [-0.2, -0.15) is 4.98 Å². The van der Waals surface area contributed by atoms with Crippen LogP contribution in [0.1, 0.15) is 17.1 Å². The van der Waals surface area contributed by atoms with Crippen LogP contribution < -0.4 is 5.32 Å². The summed E-state index contributed by atoms with van der Waals surface area (Å²) in [6.07, 6.45) is 2.33.